The Morgan fingerprint density at radius 2 is 1.96 bits per heavy atom. The van der Waals surface area contributed by atoms with E-state index < -0.39 is 0 Å². The first-order chi connectivity index (χ1) is 13.5. The van der Waals surface area contributed by atoms with Crippen LogP contribution in [0.3, 0.4) is 0 Å². The molecule has 0 atom stereocenters. The number of likely N-dealkylation sites (tertiary alicyclic amines) is 1. The van der Waals surface area contributed by atoms with Gasteiger partial charge in [-0.3, -0.25) is 4.68 Å². The molecule has 2 heterocycles. The van der Waals surface area contributed by atoms with Crippen LogP contribution in [0.5, 0.6) is 5.75 Å². The molecule has 5 nitrogen and oxygen atoms in total. The molecule has 1 aliphatic heterocycles. The number of nitrogens with zero attached hydrogens (tertiary/aromatic N) is 4. The molecule has 1 fully saturated rings. The van der Waals surface area contributed by atoms with Crippen molar-refractivity contribution in [2.24, 2.45) is 5.92 Å². The van der Waals surface area contributed by atoms with E-state index in [1.54, 1.807) is 7.11 Å². The quantitative estimate of drug-likeness (QED) is 0.657. The van der Waals surface area contributed by atoms with Crippen LogP contribution in [0.25, 0.3) is 0 Å². The van der Waals surface area contributed by atoms with Gasteiger partial charge in [0.05, 0.1) is 13.3 Å². The van der Waals surface area contributed by atoms with Gasteiger partial charge >= 0.3 is 0 Å². The largest absolute Gasteiger partial charge is 0.496 e. The first-order valence-electron chi connectivity index (χ1n) is 10.6. The molecule has 0 aliphatic carbocycles. The van der Waals surface area contributed by atoms with Gasteiger partial charge in [-0.2, -0.15) is 5.10 Å². The first-order valence-corrected chi connectivity index (χ1v) is 10.6. The van der Waals surface area contributed by atoms with Crippen LogP contribution in [0.4, 0.5) is 0 Å². The minimum atomic E-state index is 0.430. The van der Waals surface area contributed by atoms with Crippen LogP contribution in [0, 0.1) is 5.92 Å². The standard InChI is InChI=1S/C23H36N4O/c1-19(2)27-18-21(15-24-27)17-25(3)16-20-9-12-26(13-10-20)14-11-22-7-5-6-8-23(22)28-4/h5-8,15,18-20H,9-14,16-17H2,1-4H3. The summed E-state index contributed by atoms with van der Waals surface area (Å²) in [6.07, 6.45) is 7.84. The van der Waals surface area contributed by atoms with Gasteiger partial charge in [-0.25, -0.2) is 0 Å². The molecule has 0 amide bonds. The molecule has 1 aliphatic rings. The third kappa shape index (κ3) is 5.82. The van der Waals surface area contributed by atoms with E-state index >= 15 is 0 Å². The van der Waals surface area contributed by atoms with Crippen LogP contribution in [0.1, 0.15) is 43.9 Å². The summed E-state index contributed by atoms with van der Waals surface area (Å²) >= 11 is 0. The van der Waals surface area contributed by atoms with Crippen molar-refractivity contribution in [3.8, 4) is 5.75 Å². The molecule has 1 aromatic heterocycles. The van der Waals surface area contributed by atoms with E-state index in [0.717, 1.165) is 31.2 Å². The van der Waals surface area contributed by atoms with Crippen LogP contribution < -0.4 is 4.74 Å². The minimum Gasteiger partial charge on any atom is -0.496 e. The van der Waals surface area contributed by atoms with Crippen LogP contribution in [-0.2, 0) is 13.0 Å². The predicted octanol–water partition coefficient (Wildman–Crippen LogP) is 3.86. The lowest BCUT2D eigenvalue weighted by atomic mass is 9.96. The van der Waals surface area contributed by atoms with E-state index in [-0.39, 0.29) is 0 Å². The summed E-state index contributed by atoms with van der Waals surface area (Å²) in [4.78, 5) is 5.06. The number of benzene rings is 1. The normalized spacial score (nSPS) is 16.2. The molecule has 5 heteroatoms. The Kier molecular flexibility index (Phi) is 7.51. The number of piperidine rings is 1. The van der Waals surface area contributed by atoms with Gasteiger partial charge in [-0.1, -0.05) is 18.2 Å². The minimum absolute atomic E-state index is 0.430. The molecule has 1 aromatic carbocycles. The fourth-order valence-electron chi connectivity index (χ4n) is 4.14. The van der Waals surface area contributed by atoms with Crippen LogP contribution in [0.2, 0.25) is 0 Å². The molecule has 2 aromatic rings. The molecule has 0 unspecified atom stereocenters. The van der Waals surface area contributed by atoms with Crippen molar-refractivity contribution in [1.82, 2.24) is 19.6 Å². The van der Waals surface area contributed by atoms with Crippen LogP contribution in [-0.4, -0.2) is 59.9 Å². The zero-order valence-corrected chi connectivity index (χ0v) is 18.0. The van der Waals surface area contributed by atoms with Crippen molar-refractivity contribution < 1.29 is 4.74 Å². The molecule has 0 bridgehead atoms. The number of para-hydroxylation sites is 1. The summed E-state index contributed by atoms with van der Waals surface area (Å²) in [5, 5.41) is 4.46. The molecule has 1 saturated heterocycles. The SMILES string of the molecule is COc1ccccc1CCN1CCC(CN(C)Cc2cnn(C(C)C)c2)CC1. The summed E-state index contributed by atoms with van der Waals surface area (Å²) in [5.74, 6) is 1.81. The van der Waals surface area contributed by atoms with Crippen molar-refractivity contribution in [2.45, 2.75) is 45.7 Å². The lowest BCUT2D eigenvalue weighted by Crippen LogP contribution is -2.38. The van der Waals surface area contributed by atoms with E-state index in [4.69, 9.17) is 4.74 Å². The van der Waals surface area contributed by atoms with Crippen LogP contribution in [0.15, 0.2) is 36.7 Å². The third-order valence-electron chi connectivity index (χ3n) is 5.80. The highest BCUT2D eigenvalue weighted by Crippen LogP contribution is 2.21. The van der Waals surface area contributed by atoms with Gasteiger partial charge in [-0.15, -0.1) is 0 Å². The van der Waals surface area contributed by atoms with Gasteiger partial charge in [0, 0.05) is 37.4 Å². The van der Waals surface area contributed by atoms with Gasteiger partial charge in [0.1, 0.15) is 5.75 Å². The highest BCUT2D eigenvalue weighted by atomic mass is 16.5. The number of hydrogen-bond acceptors (Lipinski definition) is 4. The lowest BCUT2D eigenvalue weighted by molar-refractivity contribution is 0.153. The maximum atomic E-state index is 5.48. The highest BCUT2D eigenvalue weighted by molar-refractivity contribution is 5.33. The second kappa shape index (κ2) is 10.1. The zero-order chi connectivity index (χ0) is 19.9. The average Bonchev–Trinajstić information content (AvgIpc) is 3.16. The number of ether oxygens (including phenoxy) is 1. The van der Waals surface area contributed by atoms with E-state index in [1.165, 1.54) is 43.6 Å². The van der Waals surface area contributed by atoms with E-state index in [9.17, 15) is 0 Å². The fraction of sp³-hybridized carbons (Fsp3) is 0.609. The number of methoxy groups -OCH3 is 1. The Hall–Kier alpha value is -1.85. The first kappa shape index (κ1) is 20.9. The Morgan fingerprint density at radius 1 is 1.21 bits per heavy atom. The number of rotatable bonds is 9. The Balaban J connectivity index is 1.38. The molecular weight excluding hydrogens is 348 g/mol. The Bertz CT molecular complexity index is 719. The Labute approximate surface area is 170 Å². The second-order valence-electron chi connectivity index (χ2n) is 8.47. The molecule has 3 rings (SSSR count). The topological polar surface area (TPSA) is 33.5 Å². The molecule has 154 valence electrons. The predicted molar refractivity (Wildman–Crippen MR) is 115 cm³/mol. The summed E-state index contributed by atoms with van der Waals surface area (Å²) in [6, 6.07) is 8.81. The lowest BCUT2D eigenvalue weighted by Gasteiger charge is -2.34. The van der Waals surface area contributed by atoms with Crippen molar-refractivity contribution in [2.75, 3.05) is 40.3 Å². The van der Waals surface area contributed by atoms with Gasteiger partial charge in [0.25, 0.3) is 0 Å². The third-order valence-corrected chi connectivity index (χ3v) is 5.80. The average molecular weight is 385 g/mol. The monoisotopic (exact) mass is 384 g/mol. The summed E-state index contributed by atoms with van der Waals surface area (Å²) in [5.41, 5.74) is 2.62. The Morgan fingerprint density at radius 3 is 2.64 bits per heavy atom. The summed E-state index contributed by atoms with van der Waals surface area (Å²) < 4.78 is 7.52. The van der Waals surface area contributed by atoms with Gasteiger partial charge < -0.3 is 14.5 Å². The molecular formula is C23H36N4O. The van der Waals surface area contributed by atoms with E-state index in [1.807, 2.05) is 16.9 Å². The molecule has 28 heavy (non-hydrogen) atoms. The second-order valence-corrected chi connectivity index (χ2v) is 8.47. The maximum Gasteiger partial charge on any atom is 0.122 e. The van der Waals surface area contributed by atoms with Crippen molar-refractivity contribution in [3.05, 3.63) is 47.8 Å². The van der Waals surface area contributed by atoms with Gasteiger partial charge in [-0.05, 0) is 70.8 Å². The summed E-state index contributed by atoms with van der Waals surface area (Å²) in [6.45, 7) is 10.0. The molecule has 0 saturated carbocycles. The molecule has 0 N–H and O–H groups in total. The van der Waals surface area contributed by atoms with Gasteiger partial charge in [0.15, 0.2) is 0 Å². The molecule has 0 radical (unpaired) electrons. The van der Waals surface area contributed by atoms with E-state index in [2.05, 4.69) is 60.2 Å². The summed E-state index contributed by atoms with van der Waals surface area (Å²) in [7, 11) is 4.00. The van der Waals surface area contributed by atoms with Crippen molar-refractivity contribution in [3.63, 3.8) is 0 Å². The number of hydrogen-bond donors (Lipinski definition) is 0. The van der Waals surface area contributed by atoms with Crippen molar-refractivity contribution >= 4 is 0 Å². The maximum absolute atomic E-state index is 5.48. The zero-order valence-electron chi connectivity index (χ0n) is 18.0. The number of aromatic nitrogens is 2. The smallest absolute Gasteiger partial charge is 0.122 e. The van der Waals surface area contributed by atoms with Crippen LogP contribution >= 0.6 is 0 Å². The highest BCUT2D eigenvalue weighted by Gasteiger charge is 2.20. The van der Waals surface area contributed by atoms with E-state index in [0.29, 0.717) is 6.04 Å². The molecule has 0 spiro atoms. The fourth-order valence-corrected chi connectivity index (χ4v) is 4.14. The van der Waals surface area contributed by atoms with Gasteiger partial charge in [0.2, 0.25) is 0 Å². The van der Waals surface area contributed by atoms with Crippen molar-refractivity contribution in [1.29, 1.82) is 0 Å².